The van der Waals surface area contributed by atoms with Crippen LogP contribution in [0.3, 0.4) is 0 Å². The van der Waals surface area contributed by atoms with E-state index in [-0.39, 0.29) is 43.2 Å². The molecule has 0 spiro atoms. The third kappa shape index (κ3) is 6.24. The fourth-order valence-electron chi connectivity index (χ4n) is 3.22. The number of nitrogens with one attached hydrogen (secondary N) is 2. The van der Waals surface area contributed by atoms with E-state index >= 15 is 0 Å². The number of carbonyl (C=O) groups is 4. The summed E-state index contributed by atoms with van der Waals surface area (Å²) in [7, 11) is 0. The molecule has 0 unspecified atom stereocenters. The number of anilines is 1. The minimum absolute atomic E-state index is 0.00434. The van der Waals surface area contributed by atoms with Crippen molar-refractivity contribution in [3.8, 4) is 0 Å². The molecule has 0 saturated carbocycles. The summed E-state index contributed by atoms with van der Waals surface area (Å²) in [4.78, 5) is 48.0. The second-order valence-corrected chi connectivity index (χ2v) is 7.25. The molecule has 0 saturated heterocycles. The van der Waals surface area contributed by atoms with Crippen LogP contribution in [-0.2, 0) is 14.4 Å². The van der Waals surface area contributed by atoms with E-state index in [1.807, 2.05) is 30.3 Å². The average molecular weight is 435 g/mol. The Morgan fingerprint density at radius 3 is 2.41 bits per heavy atom. The maximum absolute atomic E-state index is 12.5. The van der Waals surface area contributed by atoms with E-state index in [9.17, 15) is 19.2 Å². The Labute approximate surface area is 185 Å². The average Bonchev–Trinajstić information content (AvgIpc) is 3.28. The Kier molecular flexibility index (Phi) is 7.69. The molecule has 4 amide bonds. The lowest BCUT2D eigenvalue weighted by atomic mass is 10.1. The summed E-state index contributed by atoms with van der Waals surface area (Å²) in [6.07, 6.45) is 0.654. The van der Waals surface area contributed by atoms with Gasteiger partial charge in [-0.1, -0.05) is 42.5 Å². The number of hydrogen-bond acceptors (Lipinski definition) is 5. The van der Waals surface area contributed by atoms with E-state index < -0.39 is 11.8 Å². The standard InChI is InChI=1S/C23H25N5O4/c24-20(29)12-14-25-23(32)17-8-4-5-9-19(17)26-21(30)10-11-22(31)28-15-13-18(27-28)16-6-2-1-3-7-16/h1-9H,10-15H2,(H2,24,29)(H,25,32)(H,26,30). The molecule has 9 heteroatoms. The Balaban J connectivity index is 1.52. The lowest BCUT2D eigenvalue weighted by Crippen LogP contribution is -2.29. The summed E-state index contributed by atoms with van der Waals surface area (Å²) < 4.78 is 0. The summed E-state index contributed by atoms with van der Waals surface area (Å²) in [6.45, 7) is 0.589. The van der Waals surface area contributed by atoms with Gasteiger partial charge in [0, 0.05) is 32.2 Å². The smallest absolute Gasteiger partial charge is 0.253 e. The number of para-hydroxylation sites is 1. The molecule has 0 aromatic heterocycles. The van der Waals surface area contributed by atoms with Crippen LogP contribution in [0.2, 0.25) is 0 Å². The van der Waals surface area contributed by atoms with Gasteiger partial charge >= 0.3 is 0 Å². The topological polar surface area (TPSA) is 134 Å². The van der Waals surface area contributed by atoms with Gasteiger partial charge in [-0.25, -0.2) is 5.01 Å². The van der Waals surface area contributed by atoms with Crippen LogP contribution < -0.4 is 16.4 Å². The van der Waals surface area contributed by atoms with Crippen LogP contribution in [0.5, 0.6) is 0 Å². The highest BCUT2D eigenvalue weighted by Gasteiger charge is 2.22. The monoisotopic (exact) mass is 435 g/mol. The van der Waals surface area contributed by atoms with Gasteiger partial charge in [-0.05, 0) is 17.7 Å². The minimum atomic E-state index is -0.519. The zero-order valence-corrected chi connectivity index (χ0v) is 17.5. The van der Waals surface area contributed by atoms with Crippen molar-refractivity contribution in [2.45, 2.75) is 25.7 Å². The molecule has 3 rings (SSSR count). The van der Waals surface area contributed by atoms with E-state index in [4.69, 9.17) is 5.73 Å². The first-order chi connectivity index (χ1) is 15.4. The lowest BCUT2D eigenvalue weighted by Gasteiger charge is -2.13. The molecule has 1 aliphatic heterocycles. The van der Waals surface area contributed by atoms with Gasteiger partial charge in [0.1, 0.15) is 0 Å². The predicted molar refractivity (Wildman–Crippen MR) is 120 cm³/mol. The molecule has 0 aliphatic carbocycles. The van der Waals surface area contributed by atoms with Gasteiger partial charge in [-0.3, -0.25) is 19.2 Å². The first-order valence-electron chi connectivity index (χ1n) is 10.3. The van der Waals surface area contributed by atoms with Gasteiger partial charge in [-0.2, -0.15) is 5.10 Å². The fraction of sp³-hybridized carbons (Fsp3) is 0.261. The van der Waals surface area contributed by atoms with Crippen molar-refractivity contribution in [2.75, 3.05) is 18.4 Å². The highest BCUT2D eigenvalue weighted by Crippen LogP contribution is 2.17. The molecule has 0 radical (unpaired) electrons. The molecule has 0 atom stereocenters. The van der Waals surface area contributed by atoms with Gasteiger partial charge in [0.2, 0.25) is 17.7 Å². The van der Waals surface area contributed by atoms with Gasteiger partial charge in [0.25, 0.3) is 5.91 Å². The molecular formula is C23H25N5O4. The van der Waals surface area contributed by atoms with E-state index in [0.717, 1.165) is 11.3 Å². The van der Waals surface area contributed by atoms with Gasteiger partial charge < -0.3 is 16.4 Å². The number of hydrogen-bond donors (Lipinski definition) is 3. The van der Waals surface area contributed by atoms with Crippen molar-refractivity contribution < 1.29 is 19.2 Å². The molecule has 32 heavy (non-hydrogen) atoms. The first kappa shape index (κ1) is 22.7. The summed E-state index contributed by atoms with van der Waals surface area (Å²) in [5, 5.41) is 11.0. The van der Waals surface area contributed by atoms with Gasteiger partial charge in [-0.15, -0.1) is 0 Å². The third-order valence-electron chi connectivity index (χ3n) is 4.87. The molecule has 2 aromatic rings. The van der Waals surface area contributed by atoms with E-state index in [1.165, 1.54) is 5.01 Å². The zero-order chi connectivity index (χ0) is 22.9. The van der Waals surface area contributed by atoms with Crippen molar-refractivity contribution in [1.82, 2.24) is 10.3 Å². The molecule has 9 nitrogen and oxygen atoms in total. The molecule has 0 bridgehead atoms. The summed E-state index contributed by atoms with van der Waals surface area (Å²) in [5.41, 5.74) is 7.48. The molecule has 166 valence electrons. The number of hydrazone groups is 1. The van der Waals surface area contributed by atoms with Crippen molar-refractivity contribution in [3.63, 3.8) is 0 Å². The number of carbonyl (C=O) groups excluding carboxylic acids is 4. The minimum Gasteiger partial charge on any atom is -0.370 e. The predicted octanol–water partition coefficient (Wildman–Crippen LogP) is 1.65. The Morgan fingerprint density at radius 2 is 1.66 bits per heavy atom. The summed E-state index contributed by atoms with van der Waals surface area (Å²) in [5.74, 6) is -1.57. The molecule has 0 fully saturated rings. The number of nitrogens with zero attached hydrogens (tertiary/aromatic N) is 2. The molecular weight excluding hydrogens is 410 g/mol. The molecule has 2 aromatic carbocycles. The van der Waals surface area contributed by atoms with Crippen LogP contribution in [-0.4, -0.2) is 47.4 Å². The van der Waals surface area contributed by atoms with E-state index in [1.54, 1.807) is 24.3 Å². The summed E-state index contributed by atoms with van der Waals surface area (Å²) >= 11 is 0. The second kappa shape index (κ2) is 10.9. The number of amides is 4. The van der Waals surface area contributed by atoms with Crippen LogP contribution >= 0.6 is 0 Å². The van der Waals surface area contributed by atoms with Crippen LogP contribution in [0.1, 0.15) is 41.6 Å². The maximum Gasteiger partial charge on any atom is 0.253 e. The van der Waals surface area contributed by atoms with Crippen molar-refractivity contribution >= 4 is 35.0 Å². The van der Waals surface area contributed by atoms with E-state index in [2.05, 4.69) is 15.7 Å². The van der Waals surface area contributed by atoms with Crippen LogP contribution in [0.4, 0.5) is 5.69 Å². The highest BCUT2D eigenvalue weighted by molar-refractivity contribution is 6.05. The van der Waals surface area contributed by atoms with Gasteiger partial charge in [0.15, 0.2) is 0 Å². The molecule has 4 N–H and O–H groups in total. The quantitative estimate of drug-likeness (QED) is 0.552. The van der Waals surface area contributed by atoms with Crippen LogP contribution in [0, 0.1) is 0 Å². The second-order valence-electron chi connectivity index (χ2n) is 7.25. The number of rotatable bonds is 9. The number of primary amides is 1. The van der Waals surface area contributed by atoms with Crippen LogP contribution in [0.25, 0.3) is 0 Å². The van der Waals surface area contributed by atoms with Crippen LogP contribution in [0.15, 0.2) is 59.7 Å². The maximum atomic E-state index is 12.5. The Bertz CT molecular complexity index is 1040. The number of nitrogens with two attached hydrogens (primary N) is 1. The first-order valence-corrected chi connectivity index (χ1v) is 10.3. The molecule has 1 heterocycles. The van der Waals surface area contributed by atoms with Crippen molar-refractivity contribution in [2.24, 2.45) is 10.8 Å². The Hall–Kier alpha value is -4.01. The van der Waals surface area contributed by atoms with E-state index in [0.29, 0.717) is 18.7 Å². The van der Waals surface area contributed by atoms with Gasteiger partial charge in [0.05, 0.1) is 23.5 Å². The normalized spacial score (nSPS) is 12.8. The zero-order valence-electron chi connectivity index (χ0n) is 17.5. The van der Waals surface area contributed by atoms with Crippen molar-refractivity contribution in [1.29, 1.82) is 0 Å². The Morgan fingerprint density at radius 1 is 0.938 bits per heavy atom. The fourth-order valence-corrected chi connectivity index (χ4v) is 3.22. The highest BCUT2D eigenvalue weighted by atomic mass is 16.2. The lowest BCUT2D eigenvalue weighted by molar-refractivity contribution is -0.132. The third-order valence-corrected chi connectivity index (χ3v) is 4.87. The SMILES string of the molecule is NC(=O)CCNC(=O)c1ccccc1NC(=O)CCC(=O)N1CCC(c2ccccc2)=N1. The largest absolute Gasteiger partial charge is 0.370 e. The summed E-state index contributed by atoms with van der Waals surface area (Å²) in [6, 6.07) is 16.2. The van der Waals surface area contributed by atoms with Crippen molar-refractivity contribution in [3.05, 3.63) is 65.7 Å². The molecule has 1 aliphatic rings. The number of benzene rings is 2.